The van der Waals surface area contributed by atoms with Crippen LogP contribution < -0.4 is 15.8 Å². The fraction of sp³-hybridized carbons (Fsp3) is 0.480. The van der Waals surface area contributed by atoms with Crippen LogP contribution in [0, 0.1) is 0 Å². The SMILES string of the molecule is CC(C)Oc1ccc(Nc2cccc([C@]3(C)CC(=O)N([C@@H]4CCO[C@@H](C)C4)C(N)=N3)c2Cl)cn1. The molecule has 182 valence electrons. The van der Waals surface area contributed by atoms with E-state index in [-0.39, 0.29) is 36.5 Å². The lowest BCUT2D eigenvalue weighted by Crippen LogP contribution is -2.56. The quantitative estimate of drug-likeness (QED) is 0.620. The maximum absolute atomic E-state index is 13.2. The molecule has 0 spiro atoms. The molecule has 0 bridgehead atoms. The second-order valence-electron chi connectivity index (χ2n) is 9.39. The number of halogens is 1. The van der Waals surface area contributed by atoms with Crippen molar-refractivity contribution in [1.82, 2.24) is 9.88 Å². The average Bonchev–Trinajstić information content (AvgIpc) is 2.75. The molecule has 8 nitrogen and oxygen atoms in total. The molecule has 3 heterocycles. The van der Waals surface area contributed by atoms with Crippen LogP contribution in [0.5, 0.6) is 5.88 Å². The number of carbonyl (C=O) groups is 1. The van der Waals surface area contributed by atoms with Crippen LogP contribution in [0.2, 0.25) is 5.02 Å². The van der Waals surface area contributed by atoms with Crippen molar-refractivity contribution in [3.63, 3.8) is 0 Å². The number of guanidine groups is 1. The van der Waals surface area contributed by atoms with Gasteiger partial charge in [0, 0.05) is 24.3 Å². The summed E-state index contributed by atoms with van der Waals surface area (Å²) in [4.78, 5) is 24.0. The van der Waals surface area contributed by atoms with Gasteiger partial charge in [-0.05, 0) is 52.7 Å². The van der Waals surface area contributed by atoms with E-state index in [1.807, 2.05) is 52.0 Å². The minimum absolute atomic E-state index is 0.00294. The number of amides is 1. The van der Waals surface area contributed by atoms with Crippen molar-refractivity contribution in [1.29, 1.82) is 0 Å². The van der Waals surface area contributed by atoms with Crippen LogP contribution in [0.25, 0.3) is 0 Å². The molecule has 1 aromatic carbocycles. The number of ether oxygens (including phenoxy) is 2. The van der Waals surface area contributed by atoms with Crippen molar-refractivity contribution >= 4 is 34.8 Å². The summed E-state index contributed by atoms with van der Waals surface area (Å²) in [5.74, 6) is 0.743. The molecule has 1 aromatic heterocycles. The Morgan fingerprint density at radius 2 is 2.12 bits per heavy atom. The molecule has 0 unspecified atom stereocenters. The van der Waals surface area contributed by atoms with Gasteiger partial charge in [0.1, 0.15) is 0 Å². The highest BCUT2D eigenvalue weighted by Gasteiger charge is 2.42. The maximum atomic E-state index is 13.2. The molecule has 34 heavy (non-hydrogen) atoms. The molecule has 4 rings (SSSR count). The molecule has 2 aliphatic rings. The van der Waals surface area contributed by atoms with Gasteiger partial charge in [-0.1, -0.05) is 23.7 Å². The first kappa shape index (κ1) is 24.3. The smallest absolute Gasteiger partial charge is 0.232 e. The molecule has 1 fully saturated rings. The molecule has 0 saturated carbocycles. The summed E-state index contributed by atoms with van der Waals surface area (Å²) >= 11 is 6.82. The van der Waals surface area contributed by atoms with Gasteiger partial charge < -0.3 is 20.5 Å². The highest BCUT2D eigenvalue weighted by Crippen LogP contribution is 2.41. The monoisotopic (exact) mass is 485 g/mol. The molecule has 2 aliphatic heterocycles. The lowest BCUT2D eigenvalue weighted by atomic mass is 9.86. The molecule has 1 saturated heterocycles. The third kappa shape index (κ3) is 5.13. The van der Waals surface area contributed by atoms with Gasteiger partial charge in [0.25, 0.3) is 0 Å². The van der Waals surface area contributed by atoms with Crippen LogP contribution in [-0.4, -0.2) is 46.6 Å². The zero-order chi connectivity index (χ0) is 24.5. The van der Waals surface area contributed by atoms with Crippen LogP contribution in [0.3, 0.4) is 0 Å². The lowest BCUT2D eigenvalue weighted by Gasteiger charge is -2.41. The van der Waals surface area contributed by atoms with E-state index in [2.05, 4.69) is 10.3 Å². The highest BCUT2D eigenvalue weighted by molar-refractivity contribution is 6.34. The Hall–Kier alpha value is -2.84. The second-order valence-corrected chi connectivity index (χ2v) is 9.77. The fourth-order valence-corrected chi connectivity index (χ4v) is 4.95. The first-order chi connectivity index (χ1) is 16.2. The topological polar surface area (TPSA) is 102 Å². The standard InChI is InChI=1S/C25H32ClN5O3/c1-15(2)34-21-9-8-17(14-28-21)29-20-7-5-6-19(23(20)26)25(4)13-22(32)31(24(27)30-25)18-10-11-33-16(3)12-18/h5-9,14-16,18,29H,10-13H2,1-4H3,(H2,27,30)/t16-,18+,25-/m0/s1. The summed E-state index contributed by atoms with van der Waals surface area (Å²) in [7, 11) is 0. The van der Waals surface area contributed by atoms with Crippen LogP contribution in [0.15, 0.2) is 41.5 Å². The number of aliphatic imine (C=N–C) groups is 1. The number of nitrogens with zero attached hydrogens (tertiary/aromatic N) is 3. The maximum Gasteiger partial charge on any atom is 0.232 e. The van der Waals surface area contributed by atoms with Gasteiger partial charge in [-0.25, -0.2) is 9.98 Å². The van der Waals surface area contributed by atoms with Crippen LogP contribution in [0.4, 0.5) is 11.4 Å². The Morgan fingerprint density at radius 3 is 2.76 bits per heavy atom. The number of hydrogen-bond acceptors (Lipinski definition) is 7. The Balaban J connectivity index is 1.57. The summed E-state index contributed by atoms with van der Waals surface area (Å²) < 4.78 is 11.2. The van der Waals surface area contributed by atoms with Crippen molar-refractivity contribution in [2.45, 2.75) is 70.7 Å². The third-order valence-corrected chi connectivity index (χ3v) is 6.55. The number of rotatable bonds is 6. The molecule has 3 atom stereocenters. The summed E-state index contributed by atoms with van der Waals surface area (Å²) in [6.45, 7) is 8.42. The van der Waals surface area contributed by atoms with E-state index in [0.29, 0.717) is 23.2 Å². The van der Waals surface area contributed by atoms with E-state index in [4.69, 9.17) is 31.8 Å². The Bertz CT molecular complexity index is 1070. The minimum atomic E-state index is -0.865. The zero-order valence-corrected chi connectivity index (χ0v) is 20.8. The summed E-state index contributed by atoms with van der Waals surface area (Å²) in [5, 5.41) is 3.79. The Labute approximate surface area is 205 Å². The predicted octanol–water partition coefficient (Wildman–Crippen LogP) is 4.60. The van der Waals surface area contributed by atoms with Gasteiger partial charge in [-0.2, -0.15) is 0 Å². The van der Waals surface area contributed by atoms with Gasteiger partial charge in [0.2, 0.25) is 11.8 Å². The summed E-state index contributed by atoms with van der Waals surface area (Å²) in [6, 6.07) is 9.34. The number of hydrogen-bond donors (Lipinski definition) is 2. The zero-order valence-electron chi connectivity index (χ0n) is 20.0. The van der Waals surface area contributed by atoms with E-state index >= 15 is 0 Å². The number of nitrogens with two attached hydrogens (primary N) is 1. The van der Waals surface area contributed by atoms with Crippen LogP contribution in [-0.2, 0) is 15.1 Å². The van der Waals surface area contributed by atoms with Crippen LogP contribution in [0.1, 0.15) is 52.5 Å². The van der Waals surface area contributed by atoms with Crippen molar-refractivity contribution in [3.05, 3.63) is 47.1 Å². The van der Waals surface area contributed by atoms with Crippen molar-refractivity contribution in [3.8, 4) is 5.88 Å². The van der Waals surface area contributed by atoms with E-state index in [0.717, 1.165) is 24.1 Å². The Kier molecular flexibility index (Phi) is 7.00. The van der Waals surface area contributed by atoms with Crippen molar-refractivity contribution in [2.75, 3.05) is 11.9 Å². The largest absolute Gasteiger partial charge is 0.475 e. The van der Waals surface area contributed by atoms with Gasteiger partial charge in [-0.15, -0.1) is 0 Å². The number of pyridine rings is 1. The number of aromatic nitrogens is 1. The molecular formula is C25H32ClN5O3. The van der Waals surface area contributed by atoms with Gasteiger partial charge in [0.05, 0.1) is 46.8 Å². The normalized spacial score (nSPS) is 25.3. The molecule has 2 aromatic rings. The Morgan fingerprint density at radius 1 is 1.32 bits per heavy atom. The van der Waals surface area contributed by atoms with E-state index in [9.17, 15) is 4.79 Å². The molecule has 0 aliphatic carbocycles. The molecule has 0 radical (unpaired) electrons. The first-order valence-electron chi connectivity index (χ1n) is 11.6. The first-order valence-corrected chi connectivity index (χ1v) is 12.0. The van der Waals surface area contributed by atoms with E-state index in [1.165, 1.54) is 0 Å². The van der Waals surface area contributed by atoms with Gasteiger partial charge >= 0.3 is 0 Å². The lowest BCUT2D eigenvalue weighted by molar-refractivity contribution is -0.133. The van der Waals surface area contributed by atoms with Gasteiger partial charge in [0.15, 0.2) is 5.96 Å². The number of nitrogens with one attached hydrogen (secondary N) is 1. The van der Waals surface area contributed by atoms with E-state index < -0.39 is 5.54 Å². The molecule has 3 N–H and O–H groups in total. The van der Waals surface area contributed by atoms with Crippen molar-refractivity contribution < 1.29 is 14.3 Å². The second kappa shape index (κ2) is 9.80. The fourth-order valence-electron chi connectivity index (χ4n) is 4.57. The number of benzene rings is 1. The summed E-state index contributed by atoms with van der Waals surface area (Å²) in [5.41, 5.74) is 7.69. The molecule has 9 heteroatoms. The predicted molar refractivity (Wildman–Crippen MR) is 134 cm³/mol. The highest BCUT2D eigenvalue weighted by atomic mass is 35.5. The average molecular weight is 486 g/mol. The molecular weight excluding hydrogens is 454 g/mol. The molecule has 1 amide bonds. The number of carbonyl (C=O) groups excluding carboxylic acids is 1. The minimum Gasteiger partial charge on any atom is -0.475 e. The third-order valence-electron chi connectivity index (χ3n) is 6.15. The summed E-state index contributed by atoms with van der Waals surface area (Å²) in [6.07, 6.45) is 3.51. The van der Waals surface area contributed by atoms with E-state index in [1.54, 1.807) is 17.2 Å². The van der Waals surface area contributed by atoms with Crippen LogP contribution >= 0.6 is 11.6 Å². The van der Waals surface area contributed by atoms with Gasteiger partial charge in [-0.3, -0.25) is 9.69 Å². The van der Waals surface area contributed by atoms with Crippen molar-refractivity contribution in [2.24, 2.45) is 10.7 Å². The number of anilines is 2.